The van der Waals surface area contributed by atoms with E-state index >= 15 is 0 Å². The molecule has 0 saturated carbocycles. The van der Waals surface area contributed by atoms with Crippen LogP contribution < -0.4 is 10.6 Å². The first-order valence-corrected chi connectivity index (χ1v) is 8.34. The number of amides is 1. The van der Waals surface area contributed by atoms with Crippen molar-refractivity contribution in [3.8, 4) is 11.3 Å². The van der Waals surface area contributed by atoms with Crippen LogP contribution >= 0.6 is 23.6 Å². The van der Waals surface area contributed by atoms with Crippen LogP contribution in [0.4, 0.5) is 5.13 Å². The monoisotopic (exact) mass is 355 g/mol. The second-order valence-corrected chi connectivity index (χ2v) is 5.98. The van der Waals surface area contributed by atoms with E-state index in [-0.39, 0.29) is 11.0 Å². The highest BCUT2D eigenvalue weighted by atomic mass is 32.1. The lowest BCUT2D eigenvalue weighted by Gasteiger charge is -2.04. The number of nitrogens with zero attached hydrogens (tertiary/aromatic N) is 1. The predicted octanol–water partition coefficient (Wildman–Crippen LogP) is 3.93. The Morgan fingerprint density at radius 3 is 2.79 bits per heavy atom. The third kappa shape index (κ3) is 4.37. The van der Waals surface area contributed by atoms with Gasteiger partial charge in [0.05, 0.1) is 0 Å². The number of thiocarbonyl (C=S) groups is 1. The molecular formula is C17H13N3O2S2. The van der Waals surface area contributed by atoms with Gasteiger partial charge < -0.3 is 9.73 Å². The summed E-state index contributed by atoms with van der Waals surface area (Å²) in [5, 5.41) is 8.01. The number of carbonyl (C=O) groups is 1. The van der Waals surface area contributed by atoms with Gasteiger partial charge in [-0.05, 0) is 30.4 Å². The number of carbonyl (C=O) groups excluding carboxylic acids is 1. The van der Waals surface area contributed by atoms with Gasteiger partial charge in [-0.25, -0.2) is 4.98 Å². The van der Waals surface area contributed by atoms with Crippen molar-refractivity contribution in [1.82, 2.24) is 10.3 Å². The van der Waals surface area contributed by atoms with Gasteiger partial charge in [0.2, 0.25) is 5.91 Å². The van der Waals surface area contributed by atoms with Gasteiger partial charge in [-0.2, -0.15) is 0 Å². The van der Waals surface area contributed by atoms with Crippen LogP contribution in [-0.2, 0) is 4.79 Å². The molecule has 0 saturated heterocycles. The topological polar surface area (TPSA) is 67.2 Å². The molecule has 0 aliphatic rings. The fourth-order valence-corrected chi connectivity index (χ4v) is 2.72. The summed E-state index contributed by atoms with van der Waals surface area (Å²) >= 11 is 6.44. The number of furan rings is 1. The lowest BCUT2D eigenvalue weighted by Crippen LogP contribution is -2.32. The van der Waals surface area contributed by atoms with Gasteiger partial charge >= 0.3 is 0 Å². The number of anilines is 1. The highest BCUT2D eigenvalue weighted by molar-refractivity contribution is 7.80. The molecule has 5 nitrogen and oxygen atoms in total. The van der Waals surface area contributed by atoms with Crippen molar-refractivity contribution in [1.29, 1.82) is 0 Å². The first-order valence-electron chi connectivity index (χ1n) is 7.05. The van der Waals surface area contributed by atoms with Gasteiger partial charge in [0.1, 0.15) is 11.5 Å². The number of rotatable bonds is 4. The highest BCUT2D eigenvalue weighted by Crippen LogP contribution is 2.22. The molecule has 2 heterocycles. The molecule has 0 radical (unpaired) electrons. The molecule has 2 N–H and O–H groups in total. The van der Waals surface area contributed by atoms with Crippen LogP contribution in [0, 0.1) is 0 Å². The maximum Gasteiger partial charge on any atom is 0.250 e. The smallest absolute Gasteiger partial charge is 0.250 e. The van der Waals surface area contributed by atoms with Gasteiger partial charge in [-0.3, -0.25) is 10.1 Å². The fourth-order valence-electron chi connectivity index (χ4n) is 1.92. The van der Waals surface area contributed by atoms with E-state index in [0.717, 1.165) is 11.3 Å². The van der Waals surface area contributed by atoms with Crippen molar-refractivity contribution in [2.75, 3.05) is 5.32 Å². The van der Waals surface area contributed by atoms with Crippen molar-refractivity contribution in [2.45, 2.75) is 0 Å². The second-order valence-electron chi connectivity index (χ2n) is 4.68. The summed E-state index contributed by atoms with van der Waals surface area (Å²) in [7, 11) is 0. The molecule has 0 bridgehead atoms. The van der Waals surface area contributed by atoms with Gasteiger partial charge in [0, 0.05) is 23.2 Å². The Balaban J connectivity index is 1.56. The standard InChI is InChI=1S/C17H13N3O2S2/c21-15(19-16(23)20-17-18-10-11-24-17)9-7-13-6-8-14(22-13)12-4-2-1-3-5-12/h1-11H,(H2,18,19,20,21,23)/b9-7+. The van der Waals surface area contributed by atoms with E-state index in [1.807, 2.05) is 41.8 Å². The van der Waals surface area contributed by atoms with Gasteiger partial charge in [0.15, 0.2) is 10.2 Å². The number of benzene rings is 1. The van der Waals surface area contributed by atoms with Gasteiger partial charge in [-0.1, -0.05) is 30.3 Å². The summed E-state index contributed by atoms with van der Waals surface area (Å²) in [4.78, 5) is 15.9. The number of nitrogens with one attached hydrogen (secondary N) is 2. The molecule has 120 valence electrons. The van der Waals surface area contributed by atoms with Gasteiger partial charge in [0.25, 0.3) is 0 Å². The Morgan fingerprint density at radius 2 is 2.04 bits per heavy atom. The largest absolute Gasteiger partial charge is 0.457 e. The van der Waals surface area contributed by atoms with E-state index < -0.39 is 0 Å². The van der Waals surface area contributed by atoms with Crippen molar-refractivity contribution in [3.63, 3.8) is 0 Å². The Labute approximate surface area is 148 Å². The van der Waals surface area contributed by atoms with E-state index in [0.29, 0.717) is 10.9 Å². The molecule has 24 heavy (non-hydrogen) atoms. The zero-order valence-corrected chi connectivity index (χ0v) is 14.1. The SMILES string of the molecule is O=C(/C=C/c1ccc(-c2ccccc2)o1)NC(=S)Nc1nccs1. The lowest BCUT2D eigenvalue weighted by atomic mass is 10.2. The fraction of sp³-hybridized carbons (Fsp3) is 0. The summed E-state index contributed by atoms with van der Waals surface area (Å²) in [5.41, 5.74) is 0.982. The minimum absolute atomic E-state index is 0.198. The molecular weight excluding hydrogens is 342 g/mol. The van der Waals surface area contributed by atoms with Crippen LogP contribution in [0.5, 0.6) is 0 Å². The van der Waals surface area contributed by atoms with Crippen LogP contribution in [0.3, 0.4) is 0 Å². The Morgan fingerprint density at radius 1 is 1.21 bits per heavy atom. The van der Waals surface area contributed by atoms with E-state index in [1.54, 1.807) is 18.3 Å². The molecule has 1 amide bonds. The van der Waals surface area contributed by atoms with Crippen molar-refractivity contribution in [3.05, 3.63) is 65.9 Å². The van der Waals surface area contributed by atoms with Crippen LogP contribution in [0.25, 0.3) is 17.4 Å². The van der Waals surface area contributed by atoms with Gasteiger partial charge in [-0.15, -0.1) is 11.3 Å². The first kappa shape index (κ1) is 16.1. The molecule has 3 rings (SSSR count). The molecule has 0 aliphatic carbocycles. The molecule has 3 aromatic rings. The predicted molar refractivity (Wildman–Crippen MR) is 99.7 cm³/mol. The maximum absolute atomic E-state index is 11.8. The summed E-state index contributed by atoms with van der Waals surface area (Å²) < 4.78 is 5.69. The van der Waals surface area contributed by atoms with Crippen LogP contribution in [0.15, 0.2) is 64.5 Å². The Kier molecular flexibility index (Phi) is 5.15. The zero-order valence-electron chi connectivity index (χ0n) is 12.4. The Bertz CT molecular complexity index is 855. The molecule has 7 heteroatoms. The average molecular weight is 355 g/mol. The van der Waals surface area contributed by atoms with E-state index in [4.69, 9.17) is 16.6 Å². The average Bonchev–Trinajstić information content (AvgIpc) is 3.25. The quantitative estimate of drug-likeness (QED) is 0.548. The molecule has 0 aliphatic heterocycles. The number of thiazole rings is 1. The maximum atomic E-state index is 11.8. The minimum Gasteiger partial charge on any atom is -0.457 e. The van der Waals surface area contributed by atoms with Crippen molar-refractivity contribution < 1.29 is 9.21 Å². The summed E-state index contributed by atoms with van der Waals surface area (Å²) in [6.45, 7) is 0. The third-order valence-corrected chi connectivity index (χ3v) is 3.87. The zero-order chi connectivity index (χ0) is 16.8. The molecule has 2 aromatic heterocycles. The molecule has 0 atom stereocenters. The number of hydrogen-bond acceptors (Lipinski definition) is 5. The molecule has 1 aromatic carbocycles. The molecule has 0 unspecified atom stereocenters. The van der Waals surface area contributed by atoms with E-state index in [1.165, 1.54) is 17.4 Å². The number of hydrogen-bond donors (Lipinski definition) is 2. The van der Waals surface area contributed by atoms with Crippen LogP contribution in [0.1, 0.15) is 5.76 Å². The number of aromatic nitrogens is 1. The lowest BCUT2D eigenvalue weighted by molar-refractivity contribution is -0.115. The normalized spacial score (nSPS) is 10.7. The van der Waals surface area contributed by atoms with Crippen LogP contribution in [0.2, 0.25) is 0 Å². The molecule has 0 fully saturated rings. The molecule has 0 spiro atoms. The van der Waals surface area contributed by atoms with Crippen molar-refractivity contribution >= 4 is 45.8 Å². The summed E-state index contributed by atoms with van der Waals surface area (Å²) in [5.74, 6) is 0.987. The van der Waals surface area contributed by atoms with Crippen LogP contribution in [-0.4, -0.2) is 16.0 Å². The Hall–Kier alpha value is -2.77. The minimum atomic E-state index is -0.346. The highest BCUT2D eigenvalue weighted by Gasteiger charge is 2.05. The van der Waals surface area contributed by atoms with E-state index in [2.05, 4.69) is 15.6 Å². The summed E-state index contributed by atoms with van der Waals surface area (Å²) in [6.07, 6.45) is 4.61. The first-order chi connectivity index (χ1) is 11.7. The van der Waals surface area contributed by atoms with Crippen molar-refractivity contribution in [2.24, 2.45) is 0 Å². The third-order valence-electron chi connectivity index (χ3n) is 2.97. The van der Waals surface area contributed by atoms with E-state index in [9.17, 15) is 4.79 Å². The summed E-state index contributed by atoms with van der Waals surface area (Å²) in [6, 6.07) is 13.4. The second kappa shape index (κ2) is 7.67.